The first kappa shape index (κ1) is 20.1. The monoisotopic (exact) mass is 444 g/mol. The minimum Gasteiger partial charge on any atom is -0.334 e. The van der Waals surface area contributed by atoms with Crippen molar-refractivity contribution in [3.63, 3.8) is 0 Å². The van der Waals surface area contributed by atoms with E-state index in [0.717, 1.165) is 12.0 Å². The molecule has 0 fully saturated rings. The highest BCUT2D eigenvalue weighted by atomic mass is 32.1. The molecule has 2 aromatic carbocycles. The van der Waals surface area contributed by atoms with Crippen molar-refractivity contribution in [3.05, 3.63) is 87.4 Å². The Morgan fingerprint density at radius 2 is 2.00 bits per heavy atom. The van der Waals surface area contributed by atoms with Gasteiger partial charge in [0.25, 0.3) is 11.8 Å². The SMILES string of the molecule is Cc1c(NC(=O)c2cccc(-n3cnnn3)c2)cccc1C(=O)N1CCc2sccc2C1. The largest absolute Gasteiger partial charge is 0.334 e. The summed E-state index contributed by atoms with van der Waals surface area (Å²) in [5.74, 6) is -0.287. The number of nitrogens with one attached hydrogen (secondary N) is 1. The molecule has 0 saturated carbocycles. The summed E-state index contributed by atoms with van der Waals surface area (Å²) in [5, 5.41) is 16.1. The van der Waals surface area contributed by atoms with Crippen LogP contribution in [-0.2, 0) is 13.0 Å². The second-order valence-electron chi connectivity index (χ2n) is 7.58. The zero-order valence-electron chi connectivity index (χ0n) is 17.4. The van der Waals surface area contributed by atoms with Crippen LogP contribution in [0.25, 0.3) is 5.69 Å². The van der Waals surface area contributed by atoms with Gasteiger partial charge in [-0.3, -0.25) is 9.59 Å². The third kappa shape index (κ3) is 3.78. The third-order valence-electron chi connectivity index (χ3n) is 5.63. The summed E-state index contributed by atoms with van der Waals surface area (Å²) in [6.07, 6.45) is 2.35. The van der Waals surface area contributed by atoms with Crippen molar-refractivity contribution in [2.45, 2.75) is 19.9 Å². The van der Waals surface area contributed by atoms with Gasteiger partial charge in [0.2, 0.25) is 0 Å². The number of hydrogen-bond donors (Lipinski definition) is 1. The fraction of sp³-hybridized carbons (Fsp3) is 0.174. The molecule has 5 rings (SSSR count). The smallest absolute Gasteiger partial charge is 0.255 e. The van der Waals surface area contributed by atoms with Gasteiger partial charge >= 0.3 is 0 Å². The lowest BCUT2D eigenvalue weighted by atomic mass is 10.0. The maximum atomic E-state index is 13.2. The lowest BCUT2D eigenvalue weighted by Gasteiger charge is -2.28. The molecule has 9 heteroatoms. The maximum absolute atomic E-state index is 13.2. The van der Waals surface area contributed by atoms with E-state index in [0.29, 0.717) is 35.6 Å². The molecular weight excluding hydrogens is 424 g/mol. The number of tetrazole rings is 1. The van der Waals surface area contributed by atoms with Crippen LogP contribution in [0.5, 0.6) is 0 Å². The number of rotatable bonds is 4. The van der Waals surface area contributed by atoms with E-state index in [2.05, 4.69) is 32.3 Å². The van der Waals surface area contributed by atoms with Crippen molar-refractivity contribution in [3.8, 4) is 5.69 Å². The molecule has 0 aliphatic carbocycles. The molecule has 0 atom stereocenters. The third-order valence-corrected chi connectivity index (χ3v) is 6.65. The van der Waals surface area contributed by atoms with Crippen LogP contribution in [0.4, 0.5) is 5.69 Å². The number of aromatic nitrogens is 4. The summed E-state index contributed by atoms with van der Waals surface area (Å²) in [6.45, 7) is 3.18. The second-order valence-corrected chi connectivity index (χ2v) is 8.58. The number of carbonyl (C=O) groups excluding carboxylic acids is 2. The van der Waals surface area contributed by atoms with Crippen LogP contribution in [0.2, 0.25) is 0 Å². The summed E-state index contributed by atoms with van der Waals surface area (Å²) < 4.78 is 1.48. The van der Waals surface area contributed by atoms with E-state index < -0.39 is 0 Å². The first-order chi connectivity index (χ1) is 15.6. The molecule has 0 saturated heterocycles. The molecule has 0 unspecified atom stereocenters. The standard InChI is InChI=1S/C23H20N6O2S/c1-15-19(23(31)28-10-8-21-17(13-28)9-11-32-21)6-3-7-20(15)25-22(30)16-4-2-5-18(12-16)29-14-24-26-27-29/h2-7,9,11-12,14H,8,10,13H2,1H3,(H,25,30). The van der Waals surface area contributed by atoms with Gasteiger partial charge in [-0.15, -0.1) is 16.4 Å². The van der Waals surface area contributed by atoms with Crippen LogP contribution in [0.15, 0.2) is 60.2 Å². The number of hydrogen-bond acceptors (Lipinski definition) is 6. The molecule has 1 aliphatic rings. The number of nitrogens with zero attached hydrogens (tertiary/aromatic N) is 5. The Balaban J connectivity index is 1.36. The Kier molecular flexibility index (Phi) is 5.24. The fourth-order valence-electron chi connectivity index (χ4n) is 3.86. The summed E-state index contributed by atoms with van der Waals surface area (Å²) in [6, 6.07) is 14.5. The Bertz CT molecular complexity index is 1300. The van der Waals surface area contributed by atoms with Crippen LogP contribution in [-0.4, -0.2) is 43.5 Å². The average Bonchev–Trinajstić information content (AvgIpc) is 3.52. The molecule has 3 heterocycles. The predicted molar refractivity (Wildman–Crippen MR) is 121 cm³/mol. The summed E-state index contributed by atoms with van der Waals surface area (Å²) >= 11 is 1.75. The Morgan fingerprint density at radius 1 is 1.12 bits per heavy atom. The van der Waals surface area contributed by atoms with Crippen molar-refractivity contribution < 1.29 is 9.59 Å². The molecule has 0 spiro atoms. The van der Waals surface area contributed by atoms with E-state index in [9.17, 15) is 9.59 Å². The van der Waals surface area contributed by atoms with Crippen LogP contribution in [0, 0.1) is 6.92 Å². The van der Waals surface area contributed by atoms with Crippen molar-refractivity contribution >= 4 is 28.8 Å². The number of thiophene rings is 1. The van der Waals surface area contributed by atoms with Gasteiger partial charge in [-0.25, -0.2) is 4.68 Å². The molecule has 1 N–H and O–H groups in total. The molecule has 0 bridgehead atoms. The highest BCUT2D eigenvalue weighted by Gasteiger charge is 2.24. The van der Waals surface area contributed by atoms with Crippen LogP contribution in [0.3, 0.4) is 0 Å². The number of amides is 2. The molecule has 2 aromatic heterocycles. The van der Waals surface area contributed by atoms with Crippen molar-refractivity contribution in [1.82, 2.24) is 25.1 Å². The van der Waals surface area contributed by atoms with Crippen molar-refractivity contribution in [2.24, 2.45) is 0 Å². The lowest BCUT2D eigenvalue weighted by Crippen LogP contribution is -2.35. The molecule has 1 aliphatic heterocycles. The molecule has 32 heavy (non-hydrogen) atoms. The lowest BCUT2D eigenvalue weighted by molar-refractivity contribution is 0.0735. The van der Waals surface area contributed by atoms with Gasteiger partial charge in [0, 0.05) is 34.8 Å². The summed E-state index contributed by atoms with van der Waals surface area (Å²) in [7, 11) is 0. The quantitative estimate of drug-likeness (QED) is 0.520. The Labute approximate surface area is 188 Å². The molecular formula is C23H20N6O2S. The normalized spacial score (nSPS) is 13.0. The van der Waals surface area contributed by atoms with Gasteiger partial charge in [-0.1, -0.05) is 12.1 Å². The van der Waals surface area contributed by atoms with Crippen LogP contribution < -0.4 is 5.32 Å². The molecule has 4 aromatic rings. The number of anilines is 1. The highest BCUT2D eigenvalue weighted by Crippen LogP contribution is 2.27. The zero-order chi connectivity index (χ0) is 22.1. The van der Waals surface area contributed by atoms with E-state index in [1.807, 2.05) is 30.0 Å². The van der Waals surface area contributed by atoms with Crippen molar-refractivity contribution in [2.75, 3.05) is 11.9 Å². The number of benzene rings is 2. The topological polar surface area (TPSA) is 93.0 Å². The minimum absolute atomic E-state index is 0.0175. The van der Waals surface area contributed by atoms with Gasteiger partial charge in [-0.05, 0) is 76.7 Å². The maximum Gasteiger partial charge on any atom is 0.255 e. The van der Waals surface area contributed by atoms with E-state index in [-0.39, 0.29) is 11.8 Å². The van der Waals surface area contributed by atoms with E-state index >= 15 is 0 Å². The average molecular weight is 445 g/mol. The first-order valence-electron chi connectivity index (χ1n) is 10.2. The highest BCUT2D eigenvalue weighted by molar-refractivity contribution is 7.10. The van der Waals surface area contributed by atoms with E-state index in [1.54, 1.807) is 35.6 Å². The number of fused-ring (bicyclic) bond motifs is 1. The molecule has 0 radical (unpaired) electrons. The van der Waals surface area contributed by atoms with Gasteiger partial charge < -0.3 is 10.2 Å². The first-order valence-corrected chi connectivity index (χ1v) is 11.1. The van der Waals surface area contributed by atoms with Gasteiger partial charge in [0.1, 0.15) is 6.33 Å². The van der Waals surface area contributed by atoms with Crippen LogP contribution >= 0.6 is 11.3 Å². The summed E-state index contributed by atoms with van der Waals surface area (Å²) in [4.78, 5) is 29.4. The van der Waals surface area contributed by atoms with Gasteiger partial charge in [0.05, 0.1) is 5.69 Å². The Hall–Kier alpha value is -3.85. The predicted octanol–water partition coefficient (Wildman–Crippen LogP) is 3.48. The summed E-state index contributed by atoms with van der Waals surface area (Å²) in [5.41, 5.74) is 4.33. The molecule has 8 nitrogen and oxygen atoms in total. The molecule has 160 valence electrons. The Morgan fingerprint density at radius 3 is 2.84 bits per heavy atom. The van der Waals surface area contributed by atoms with Gasteiger partial charge in [-0.2, -0.15) is 0 Å². The van der Waals surface area contributed by atoms with Gasteiger partial charge in [0.15, 0.2) is 0 Å². The minimum atomic E-state index is -0.270. The number of carbonyl (C=O) groups is 2. The van der Waals surface area contributed by atoms with Crippen molar-refractivity contribution in [1.29, 1.82) is 0 Å². The fourth-order valence-corrected chi connectivity index (χ4v) is 4.75. The van der Waals surface area contributed by atoms with E-state index in [4.69, 9.17) is 0 Å². The zero-order valence-corrected chi connectivity index (χ0v) is 18.2. The van der Waals surface area contributed by atoms with E-state index in [1.165, 1.54) is 21.4 Å². The van der Waals surface area contributed by atoms with Crippen LogP contribution in [0.1, 0.15) is 36.7 Å². The molecule has 2 amide bonds. The second kappa shape index (κ2) is 8.35.